The van der Waals surface area contributed by atoms with Gasteiger partial charge in [0.2, 0.25) is 0 Å². The van der Waals surface area contributed by atoms with E-state index >= 15 is 0 Å². The third-order valence-corrected chi connectivity index (χ3v) is 5.31. The van der Waals surface area contributed by atoms with Crippen LogP contribution in [0.4, 0.5) is 30.8 Å². The lowest BCUT2D eigenvalue weighted by Crippen LogP contribution is -2.22. The van der Waals surface area contributed by atoms with Crippen molar-refractivity contribution in [3.63, 3.8) is 0 Å². The number of nitrogen functional groups attached to an aromatic ring is 1. The van der Waals surface area contributed by atoms with E-state index in [0.29, 0.717) is 17.4 Å². The van der Waals surface area contributed by atoms with Crippen molar-refractivity contribution in [2.75, 3.05) is 16.4 Å². The fraction of sp³-hybridized carbons (Fsp3) is 0.0870. The number of pyridine rings is 2. The highest BCUT2D eigenvalue weighted by atomic mass is 35.5. The van der Waals surface area contributed by atoms with Crippen molar-refractivity contribution < 1.29 is 13.6 Å². The molecule has 0 bridgehead atoms. The maximum atomic E-state index is 14.6. The topological polar surface area (TPSA) is 102 Å². The first-order valence-electron chi connectivity index (χ1n) is 9.89. The standard InChI is InChI=1S/C23H18ClF2N5O2/c1-2-31-20-10-21(27)28-11-12(20)6-16(22(31)32)15-8-19(18(26)9-17(15)24)30-23(33)29-14-5-3-4-13(25)7-14/h3-11H,2H2,1H3,(H2,27,28)(H2,29,30,33). The summed E-state index contributed by atoms with van der Waals surface area (Å²) in [6.07, 6.45) is 1.53. The van der Waals surface area contributed by atoms with Crippen LogP contribution in [0.15, 0.2) is 59.5 Å². The van der Waals surface area contributed by atoms with Gasteiger partial charge in [-0.2, -0.15) is 0 Å². The minimum atomic E-state index is -0.802. The van der Waals surface area contributed by atoms with Gasteiger partial charge >= 0.3 is 6.03 Å². The second kappa shape index (κ2) is 8.87. The third-order valence-electron chi connectivity index (χ3n) is 4.99. The number of nitrogens with zero attached hydrogens (tertiary/aromatic N) is 2. The number of nitrogens with one attached hydrogen (secondary N) is 2. The van der Waals surface area contributed by atoms with E-state index in [2.05, 4.69) is 15.6 Å². The molecule has 2 aromatic heterocycles. The Hall–Kier alpha value is -3.98. The predicted molar refractivity (Wildman–Crippen MR) is 126 cm³/mol. The maximum absolute atomic E-state index is 14.6. The summed E-state index contributed by atoms with van der Waals surface area (Å²) in [6, 6.07) is 9.92. The highest BCUT2D eigenvalue weighted by molar-refractivity contribution is 6.33. The van der Waals surface area contributed by atoms with Crippen molar-refractivity contribution in [1.82, 2.24) is 9.55 Å². The first kappa shape index (κ1) is 22.2. The molecular formula is C23H18ClF2N5O2. The van der Waals surface area contributed by atoms with Gasteiger partial charge in [0.25, 0.3) is 5.56 Å². The van der Waals surface area contributed by atoms with Crippen molar-refractivity contribution >= 4 is 45.7 Å². The first-order chi connectivity index (χ1) is 15.8. The lowest BCUT2D eigenvalue weighted by atomic mass is 10.0. The number of carbonyl (C=O) groups is 1. The van der Waals surface area contributed by atoms with E-state index in [1.807, 2.05) is 0 Å². The molecule has 4 N–H and O–H groups in total. The van der Waals surface area contributed by atoms with Gasteiger partial charge in [-0.15, -0.1) is 0 Å². The summed E-state index contributed by atoms with van der Waals surface area (Å²) >= 11 is 6.27. The Morgan fingerprint density at radius 2 is 1.91 bits per heavy atom. The number of carbonyl (C=O) groups excluding carboxylic acids is 1. The zero-order valence-corrected chi connectivity index (χ0v) is 18.1. The molecule has 10 heteroatoms. The average molecular weight is 470 g/mol. The van der Waals surface area contributed by atoms with Crippen molar-refractivity contribution in [3.8, 4) is 11.1 Å². The number of halogens is 3. The molecule has 2 amide bonds. The summed E-state index contributed by atoms with van der Waals surface area (Å²) in [5.41, 5.74) is 6.41. The summed E-state index contributed by atoms with van der Waals surface area (Å²) in [4.78, 5) is 29.6. The largest absolute Gasteiger partial charge is 0.384 e. The number of hydrogen-bond donors (Lipinski definition) is 3. The molecule has 0 atom stereocenters. The van der Waals surface area contributed by atoms with E-state index < -0.39 is 17.7 Å². The second-order valence-corrected chi connectivity index (χ2v) is 7.58. The second-order valence-electron chi connectivity index (χ2n) is 7.18. The predicted octanol–water partition coefficient (Wildman–Crippen LogP) is 5.24. The number of rotatable bonds is 4. The van der Waals surface area contributed by atoms with Crippen LogP contribution in [0.3, 0.4) is 0 Å². The van der Waals surface area contributed by atoms with Crippen LogP contribution in [-0.4, -0.2) is 15.6 Å². The molecule has 0 aliphatic carbocycles. The lowest BCUT2D eigenvalue weighted by molar-refractivity contribution is 0.262. The SMILES string of the molecule is CCn1c(=O)c(-c2cc(NC(=O)Nc3cccc(F)c3)c(F)cc2Cl)cc2cnc(N)cc21. The number of fused-ring (bicyclic) bond motifs is 1. The van der Waals surface area contributed by atoms with Crippen molar-refractivity contribution in [2.45, 2.75) is 13.5 Å². The molecule has 4 aromatic rings. The van der Waals surface area contributed by atoms with Gasteiger partial charge in [-0.05, 0) is 43.3 Å². The van der Waals surface area contributed by atoms with E-state index in [1.54, 1.807) is 19.1 Å². The van der Waals surface area contributed by atoms with Gasteiger partial charge in [-0.1, -0.05) is 17.7 Å². The van der Waals surface area contributed by atoms with Gasteiger partial charge in [-0.3, -0.25) is 4.79 Å². The third kappa shape index (κ3) is 4.49. The fourth-order valence-electron chi connectivity index (χ4n) is 3.50. The van der Waals surface area contributed by atoms with Gasteiger partial charge in [-0.25, -0.2) is 18.6 Å². The van der Waals surface area contributed by atoms with Crippen LogP contribution in [0.25, 0.3) is 22.0 Å². The number of nitrogens with two attached hydrogens (primary N) is 1. The molecular weight excluding hydrogens is 452 g/mol. The summed E-state index contributed by atoms with van der Waals surface area (Å²) in [5, 5.41) is 5.41. The van der Waals surface area contributed by atoms with Gasteiger partial charge in [0, 0.05) is 41.0 Å². The molecule has 0 aliphatic heterocycles. The Morgan fingerprint density at radius 3 is 2.64 bits per heavy atom. The molecule has 0 unspecified atom stereocenters. The molecule has 0 aliphatic rings. The van der Waals surface area contributed by atoms with Gasteiger partial charge < -0.3 is 20.9 Å². The zero-order chi connectivity index (χ0) is 23.7. The number of aryl methyl sites for hydroxylation is 1. The smallest absolute Gasteiger partial charge is 0.323 e. The molecule has 2 aromatic carbocycles. The number of urea groups is 1. The quantitative estimate of drug-likeness (QED) is 0.380. The zero-order valence-electron chi connectivity index (χ0n) is 17.3. The number of hydrogen-bond acceptors (Lipinski definition) is 4. The molecule has 2 heterocycles. The van der Waals surface area contributed by atoms with Crippen molar-refractivity contribution in [3.05, 3.63) is 81.7 Å². The Labute approximate surface area is 191 Å². The van der Waals surface area contributed by atoms with Crippen LogP contribution in [0.5, 0.6) is 0 Å². The molecule has 7 nitrogen and oxygen atoms in total. The van der Waals surface area contributed by atoms with E-state index in [1.165, 1.54) is 35.0 Å². The minimum absolute atomic E-state index is 0.00824. The Bertz CT molecular complexity index is 1460. The molecule has 0 fully saturated rings. The van der Waals surface area contributed by atoms with Crippen LogP contribution >= 0.6 is 11.6 Å². The van der Waals surface area contributed by atoms with Crippen molar-refractivity contribution in [1.29, 1.82) is 0 Å². The lowest BCUT2D eigenvalue weighted by Gasteiger charge is -2.14. The number of aromatic nitrogens is 2. The van der Waals surface area contributed by atoms with E-state index in [-0.39, 0.29) is 38.9 Å². The van der Waals surface area contributed by atoms with Crippen LogP contribution in [0, 0.1) is 11.6 Å². The van der Waals surface area contributed by atoms with Crippen LogP contribution in [0.2, 0.25) is 5.02 Å². The van der Waals surface area contributed by atoms with E-state index in [4.69, 9.17) is 17.3 Å². The first-order valence-corrected chi connectivity index (χ1v) is 10.3. The number of benzene rings is 2. The van der Waals surface area contributed by atoms with E-state index in [9.17, 15) is 18.4 Å². The molecule has 0 saturated heterocycles. The van der Waals surface area contributed by atoms with Crippen molar-refractivity contribution in [2.24, 2.45) is 0 Å². The highest BCUT2D eigenvalue weighted by Crippen LogP contribution is 2.32. The summed E-state index contributed by atoms with van der Waals surface area (Å²) in [5.74, 6) is -1.07. The van der Waals surface area contributed by atoms with Crippen LogP contribution < -0.4 is 21.9 Å². The fourth-order valence-corrected chi connectivity index (χ4v) is 3.75. The van der Waals surface area contributed by atoms with Gasteiger partial charge in [0.05, 0.1) is 16.2 Å². The highest BCUT2D eigenvalue weighted by Gasteiger charge is 2.17. The molecule has 168 valence electrons. The van der Waals surface area contributed by atoms with Crippen LogP contribution in [0.1, 0.15) is 6.92 Å². The van der Waals surface area contributed by atoms with Gasteiger partial charge in [0.15, 0.2) is 0 Å². The summed E-state index contributed by atoms with van der Waals surface area (Å²) in [6.45, 7) is 2.16. The molecule has 4 rings (SSSR count). The molecule has 33 heavy (non-hydrogen) atoms. The minimum Gasteiger partial charge on any atom is -0.384 e. The molecule has 0 radical (unpaired) electrons. The van der Waals surface area contributed by atoms with Gasteiger partial charge in [0.1, 0.15) is 17.5 Å². The van der Waals surface area contributed by atoms with E-state index in [0.717, 1.165) is 12.1 Å². The Balaban J connectivity index is 1.75. The summed E-state index contributed by atoms with van der Waals surface area (Å²) in [7, 11) is 0. The Kier molecular flexibility index (Phi) is 5.97. The number of amides is 2. The Morgan fingerprint density at radius 1 is 1.12 bits per heavy atom. The monoisotopic (exact) mass is 469 g/mol. The average Bonchev–Trinajstić information content (AvgIpc) is 2.75. The maximum Gasteiger partial charge on any atom is 0.323 e. The summed E-state index contributed by atoms with van der Waals surface area (Å²) < 4.78 is 29.4. The normalized spacial score (nSPS) is 10.9. The molecule has 0 spiro atoms. The van der Waals surface area contributed by atoms with Crippen LogP contribution in [-0.2, 0) is 6.54 Å². The molecule has 0 saturated carbocycles. The number of anilines is 3.